The van der Waals surface area contributed by atoms with E-state index < -0.39 is 5.97 Å². The zero-order valence-electron chi connectivity index (χ0n) is 22.9. The molecule has 3 aromatic carbocycles. The van der Waals surface area contributed by atoms with E-state index in [4.69, 9.17) is 4.74 Å². The van der Waals surface area contributed by atoms with Crippen LogP contribution < -0.4 is 4.74 Å². The minimum Gasteiger partial charge on any atom is -0.477 e. The zero-order valence-corrected chi connectivity index (χ0v) is 24.5. The molecule has 0 aliphatic rings. The minimum absolute atomic E-state index is 0.0248. The summed E-state index contributed by atoms with van der Waals surface area (Å²) in [6.07, 6.45) is 0.792. The molecule has 1 aromatic heterocycles. The highest BCUT2D eigenvalue weighted by atomic mass is 79.9. The second kappa shape index (κ2) is 12.4. The molecule has 0 bridgehead atoms. The quantitative estimate of drug-likeness (QED) is 0.212. The fraction of sp³-hybridized carbons (Fsp3) is 0.312. The number of carboxylic acid groups (broad SMARTS) is 1. The second-order valence-corrected chi connectivity index (χ2v) is 11.9. The number of rotatable bonds is 8. The lowest BCUT2D eigenvalue weighted by molar-refractivity contribution is 0.0686. The number of hydrogen-bond acceptors (Lipinski definition) is 3. The number of Topliss-reactive ketones (excluding diaryl/α,β-unsaturated/α-hetero) is 1. The first kappa shape index (κ1) is 29.2. The number of nitrogens with zero attached hydrogens (tertiary/aromatic N) is 1. The predicted octanol–water partition coefficient (Wildman–Crippen LogP) is 9.22. The average molecular weight is 579 g/mol. The van der Waals surface area contributed by atoms with Gasteiger partial charge in [-0.15, -0.1) is 0 Å². The van der Waals surface area contributed by atoms with Crippen molar-refractivity contribution in [2.75, 3.05) is 0 Å². The smallest absolute Gasteiger partial charge is 0.352 e. The number of benzene rings is 3. The van der Waals surface area contributed by atoms with Crippen molar-refractivity contribution in [1.29, 1.82) is 0 Å². The third-order valence-corrected chi connectivity index (χ3v) is 6.44. The molecule has 0 radical (unpaired) electrons. The van der Waals surface area contributed by atoms with Crippen LogP contribution in [0.1, 0.15) is 74.4 Å². The first-order chi connectivity index (χ1) is 17.9. The van der Waals surface area contributed by atoms with Crippen LogP contribution in [0.3, 0.4) is 0 Å². The molecule has 0 aliphatic carbocycles. The number of para-hydroxylation sites is 1. The van der Waals surface area contributed by atoms with Gasteiger partial charge in [-0.1, -0.05) is 84.0 Å². The number of aromatic carboxylic acids is 1. The van der Waals surface area contributed by atoms with E-state index in [1.54, 1.807) is 10.6 Å². The minimum atomic E-state index is -1.01. The third-order valence-electron chi connectivity index (χ3n) is 5.78. The highest BCUT2D eigenvalue weighted by Crippen LogP contribution is 2.34. The van der Waals surface area contributed by atoms with Crippen molar-refractivity contribution in [2.45, 2.75) is 54.5 Å². The van der Waals surface area contributed by atoms with Crippen LogP contribution in [-0.4, -0.2) is 21.4 Å². The summed E-state index contributed by atoms with van der Waals surface area (Å²) in [4.78, 5) is 24.5. The normalized spacial score (nSPS) is 12.0. The molecule has 38 heavy (non-hydrogen) atoms. The average Bonchev–Trinajstić information content (AvgIpc) is 3.22. The van der Waals surface area contributed by atoms with Gasteiger partial charge >= 0.3 is 5.97 Å². The summed E-state index contributed by atoms with van der Waals surface area (Å²) in [5.74, 6) is 0.386. The molecule has 1 heterocycles. The van der Waals surface area contributed by atoms with Crippen LogP contribution in [0.25, 0.3) is 10.9 Å². The van der Waals surface area contributed by atoms with Crippen LogP contribution in [0.2, 0.25) is 0 Å². The van der Waals surface area contributed by atoms with E-state index in [9.17, 15) is 14.7 Å². The Morgan fingerprint density at radius 3 is 2.11 bits per heavy atom. The number of carbonyl (C=O) groups excluding carboxylic acids is 1. The standard InChI is InChI=1S/C27H24BrNO4.C5H12/c1-3-17(2)26(30)19-11-9-18(10-12-19)16-29-24-14-21(33-20-7-5-4-6-8-20)13-23(28)22(24)15-25(29)27(31)32;1-5(2,3)4/h4-15,17H,3,16H2,1-2H3,(H,31,32);1-4H3. The van der Waals surface area contributed by atoms with Crippen LogP contribution in [0, 0.1) is 11.3 Å². The fourth-order valence-corrected chi connectivity index (χ4v) is 4.29. The number of fused-ring (bicyclic) bond motifs is 1. The Hall–Kier alpha value is -3.38. The molecule has 0 aliphatic heterocycles. The summed E-state index contributed by atoms with van der Waals surface area (Å²) in [7, 11) is 0. The van der Waals surface area contributed by atoms with Gasteiger partial charge in [0.15, 0.2) is 5.78 Å². The van der Waals surface area contributed by atoms with E-state index in [-0.39, 0.29) is 17.4 Å². The van der Waals surface area contributed by atoms with Crippen molar-refractivity contribution in [3.63, 3.8) is 0 Å². The van der Waals surface area contributed by atoms with Gasteiger partial charge in [-0.3, -0.25) is 4.79 Å². The summed E-state index contributed by atoms with van der Waals surface area (Å²) < 4.78 is 8.50. The molecule has 1 unspecified atom stereocenters. The molecular formula is C32H36BrNO4. The van der Waals surface area contributed by atoms with Crippen LogP contribution in [0.5, 0.6) is 11.5 Å². The molecular weight excluding hydrogens is 542 g/mol. The first-order valence-corrected chi connectivity index (χ1v) is 13.6. The van der Waals surface area contributed by atoms with Crippen molar-refractivity contribution in [1.82, 2.24) is 4.57 Å². The van der Waals surface area contributed by atoms with E-state index in [2.05, 4.69) is 43.6 Å². The molecule has 5 nitrogen and oxygen atoms in total. The van der Waals surface area contributed by atoms with Crippen molar-refractivity contribution in [3.05, 3.63) is 94.1 Å². The summed E-state index contributed by atoms with van der Waals surface area (Å²) >= 11 is 3.57. The summed E-state index contributed by atoms with van der Waals surface area (Å²) in [5, 5.41) is 10.6. The molecule has 4 aromatic rings. The summed E-state index contributed by atoms with van der Waals surface area (Å²) in [6.45, 7) is 13.0. The van der Waals surface area contributed by atoms with E-state index in [0.29, 0.717) is 29.0 Å². The Morgan fingerprint density at radius 2 is 1.55 bits per heavy atom. The zero-order chi connectivity index (χ0) is 28.0. The third kappa shape index (κ3) is 7.81. The van der Waals surface area contributed by atoms with Crippen molar-refractivity contribution >= 4 is 38.6 Å². The number of ketones is 1. The van der Waals surface area contributed by atoms with Crippen LogP contribution in [0.4, 0.5) is 0 Å². The van der Waals surface area contributed by atoms with Crippen LogP contribution >= 0.6 is 15.9 Å². The topological polar surface area (TPSA) is 68.5 Å². The molecule has 1 atom stereocenters. The maximum Gasteiger partial charge on any atom is 0.352 e. The lowest BCUT2D eigenvalue weighted by Gasteiger charge is -2.12. The van der Waals surface area contributed by atoms with Crippen molar-refractivity contribution in [2.24, 2.45) is 11.3 Å². The molecule has 0 amide bonds. The van der Waals surface area contributed by atoms with Gasteiger partial charge in [-0.25, -0.2) is 4.79 Å². The van der Waals surface area contributed by atoms with Gasteiger partial charge in [0.2, 0.25) is 0 Å². The largest absolute Gasteiger partial charge is 0.477 e. The highest BCUT2D eigenvalue weighted by molar-refractivity contribution is 9.10. The summed E-state index contributed by atoms with van der Waals surface area (Å²) in [5.41, 5.74) is 3.00. The number of carboxylic acids is 1. The Kier molecular flexibility index (Phi) is 9.55. The van der Waals surface area contributed by atoms with Crippen LogP contribution in [0.15, 0.2) is 77.3 Å². The van der Waals surface area contributed by atoms with Crippen molar-refractivity contribution in [3.8, 4) is 11.5 Å². The Balaban J connectivity index is 0.000000732. The monoisotopic (exact) mass is 577 g/mol. The lowest BCUT2D eigenvalue weighted by Crippen LogP contribution is -2.11. The van der Waals surface area contributed by atoms with Gasteiger partial charge in [0.1, 0.15) is 17.2 Å². The maximum absolute atomic E-state index is 12.4. The van der Waals surface area contributed by atoms with E-state index in [0.717, 1.165) is 27.4 Å². The number of aromatic nitrogens is 1. The lowest BCUT2D eigenvalue weighted by atomic mass is 9.96. The van der Waals surface area contributed by atoms with Gasteiger partial charge in [-0.2, -0.15) is 0 Å². The molecule has 0 saturated heterocycles. The Bertz CT molecular complexity index is 1390. The van der Waals surface area contributed by atoms with Gasteiger partial charge in [0.25, 0.3) is 0 Å². The molecule has 4 rings (SSSR count). The van der Waals surface area contributed by atoms with E-state index in [1.165, 1.54) is 0 Å². The van der Waals surface area contributed by atoms with E-state index >= 15 is 0 Å². The van der Waals surface area contributed by atoms with Gasteiger partial charge in [0.05, 0.1) is 5.52 Å². The molecule has 6 heteroatoms. The van der Waals surface area contributed by atoms with Gasteiger partial charge in [-0.05, 0) is 57.6 Å². The van der Waals surface area contributed by atoms with Gasteiger partial charge < -0.3 is 14.4 Å². The Morgan fingerprint density at radius 1 is 0.947 bits per heavy atom. The van der Waals surface area contributed by atoms with Gasteiger partial charge in [0, 0.05) is 34.0 Å². The number of hydrogen-bond donors (Lipinski definition) is 1. The predicted molar refractivity (Wildman–Crippen MR) is 158 cm³/mol. The molecule has 1 N–H and O–H groups in total. The first-order valence-electron chi connectivity index (χ1n) is 12.8. The molecule has 200 valence electrons. The fourth-order valence-electron chi connectivity index (χ4n) is 3.75. The Labute approximate surface area is 233 Å². The molecule has 0 spiro atoms. The molecule has 0 saturated carbocycles. The highest BCUT2D eigenvalue weighted by Gasteiger charge is 2.19. The SMILES string of the molecule is CC(C)(C)C.CCC(C)C(=O)c1ccc(Cn2c(C(=O)O)cc3c(Br)cc(Oc4ccccc4)cc32)cc1. The molecule has 0 fully saturated rings. The van der Waals surface area contributed by atoms with Crippen molar-refractivity contribution < 1.29 is 19.4 Å². The second-order valence-electron chi connectivity index (χ2n) is 11.0. The maximum atomic E-state index is 12.4. The summed E-state index contributed by atoms with van der Waals surface area (Å²) in [6, 6.07) is 22.2. The van der Waals surface area contributed by atoms with Crippen LogP contribution in [-0.2, 0) is 6.54 Å². The number of carbonyl (C=O) groups is 2. The number of ether oxygens (including phenoxy) is 1. The van der Waals surface area contributed by atoms with E-state index in [1.807, 2.05) is 80.6 Å². The number of halogens is 1.